The van der Waals surface area contributed by atoms with Crippen LogP contribution in [-0.4, -0.2) is 26.8 Å². The van der Waals surface area contributed by atoms with Crippen LogP contribution in [0.2, 0.25) is 0 Å². The molecule has 2 atom stereocenters. The van der Waals surface area contributed by atoms with Gasteiger partial charge < -0.3 is 5.32 Å². The Morgan fingerprint density at radius 1 is 1.30 bits per heavy atom. The Morgan fingerprint density at radius 3 is 2.65 bits per heavy atom. The molecule has 4 nitrogen and oxygen atoms in total. The van der Waals surface area contributed by atoms with E-state index in [1.165, 1.54) is 0 Å². The van der Waals surface area contributed by atoms with Crippen molar-refractivity contribution in [3.8, 4) is 0 Å². The fourth-order valence-corrected chi connectivity index (χ4v) is 4.32. The predicted octanol–water partition coefficient (Wildman–Crippen LogP) is 2.20. The lowest BCUT2D eigenvalue weighted by Crippen LogP contribution is -2.43. The maximum atomic E-state index is 12.3. The molecule has 1 aliphatic rings. The third-order valence-electron chi connectivity index (χ3n) is 3.76. The largest absolute Gasteiger partial charge is 0.313 e. The van der Waals surface area contributed by atoms with E-state index in [1.807, 2.05) is 37.3 Å². The molecule has 1 aromatic carbocycles. The zero-order chi connectivity index (χ0) is 14.4. The monoisotopic (exact) mass is 296 g/mol. The second-order valence-corrected chi connectivity index (χ2v) is 7.22. The third-order valence-corrected chi connectivity index (χ3v) is 5.25. The van der Waals surface area contributed by atoms with Crippen molar-refractivity contribution in [2.45, 2.75) is 44.7 Å². The number of benzene rings is 1. The van der Waals surface area contributed by atoms with Gasteiger partial charge in [-0.05, 0) is 31.4 Å². The number of piperidine rings is 1. The van der Waals surface area contributed by atoms with Crippen molar-refractivity contribution in [2.75, 3.05) is 12.3 Å². The Kier molecular flexibility index (Phi) is 5.57. The highest BCUT2D eigenvalue weighted by Gasteiger charge is 2.23. The average Bonchev–Trinajstić information content (AvgIpc) is 2.46. The molecule has 1 heterocycles. The van der Waals surface area contributed by atoms with Crippen molar-refractivity contribution in [3.05, 3.63) is 35.9 Å². The number of hydrogen-bond donors (Lipinski definition) is 2. The quantitative estimate of drug-likeness (QED) is 0.846. The molecule has 112 valence electrons. The summed E-state index contributed by atoms with van der Waals surface area (Å²) in [5.41, 5.74) is 1.02. The topological polar surface area (TPSA) is 58.2 Å². The molecule has 0 aromatic heterocycles. The highest BCUT2D eigenvalue weighted by molar-refractivity contribution is 7.89. The Morgan fingerprint density at radius 2 is 2.05 bits per heavy atom. The highest BCUT2D eigenvalue weighted by atomic mass is 32.2. The summed E-state index contributed by atoms with van der Waals surface area (Å²) in [5.74, 6) is 0.177. The lowest BCUT2D eigenvalue weighted by atomic mass is 10.1. The minimum Gasteiger partial charge on any atom is -0.313 e. The molecule has 0 aliphatic carbocycles. The maximum Gasteiger partial charge on any atom is 0.213 e. The van der Waals surface area contributed by atoms with E-state index >= 15 is 0 Å². The molecule has 0 spiro atoms. The molecule has 1 saturated heterocycles. The van der Waals surface area contributed by atoms with E-state index in [1.54, 1.807) is 0 Å². The predicted molar refractivity (Wildman–Crippen MR) is 82.0 cm³/mol. The van der Waals surface area contributed by atoms with E-state index in [0.717, 1.165) is 37.8 Å². The van der Waals surface area contributed by atoms with Gasteiger partial charge in [0.05, 0.1) is 5.75 Å². The van der Waals surface area contributed by atoms with Crippen molar-refractivity contribution < 1.29 is 8.42 Å². The van der Waals surface area contributed by atoms with Gasteiger partial charge in [0.25, 0.3) is 0 Å². The summed E-state index contributed by atoms with van der Waals surface area (Å²) < 4.78 is 27.4. The molecule has 0 radical (unpaired) electrons. The Balaban J connectivity index is 1.98. The second-order valence-electron chi connectivity index (χ2n) is 5.42. The van der Waals surface area contributed by atoms with Crippen molar-refractivity contribution in [3.63, 3.8) is 0 Å². The van der Waals surface area contributed by atoms with E-state index < -0.39 is 10.0 Å². The van der Waals surface area contributed by atoms with Crippen LogP contribution in [0.15, 0.2) is 30.3 Å². The number of nitrogens with one attached hydrogen (secondary N) is 2. The Hall–Kier alpha value is -0.910. The van der Waals surface area contributed by atoms with Gasteiger partial charge in [-0.25, -0.2) is 13.1 Å². The first-order valence-electron chi connectivity index (χ1n) is 7.39. The van der Waals surface area contributed by atoms with Gasteiger partial charge in [-0.2, -0.15) is 0 Å². The van der Waals surface area contributed by atoms with Crippen LogP contribution < -0.4 is 10.0 Å². The summed E-state index contributed by atoms with van der Waals surface area (Å²) in [6.07, 6.45) is 3.96. The molecule has 1 fully saturated rings. The van der Waals surface area contributed by atoms with Gasteiger partial charge in [-0.15, -0.1) is 0 Å². The van der Waals surface area contributed by atoms with Gasteiger partial charge in [-0.3, -0.25) is 0 Å². The number of sulfonamides is 1. The van der Waals surface area contributed by atoms with Crippen LogP contribution in [0.25, 0.3) is 0 Å². The van der Waals surface area contributed by atoms with E-state index in [0.29, 0.717) is 0 Å². The van der Waals surface area contributed by atoms with Crippen LogP contribution >= 0.6 is 0 Å². The summed E-state index contributed by atoms with van der Waals surface area (Å²) >= 11 is 0. The van der Waals surface area contributed by atoms with Crippen LogP contribution in [0, 0.1) is 0 Å². The van der Waals surface area contributed by atoms with Crippen LogP contribution in [-0.2, 0) is 10.0 Å². The van der Waals surface area contributed by atoms with E-state index in [-0.39, 0.29) is 17.8 Å². The fraction of sp³-hybridized carbons (Fsp3) is 0.600. The SMILES string of the molecule is CCC(NS(=O)(=O)CC1CCCCN1)c1ccccc1. The summed E-state index contributed by atoms with van der Waals surface area (Å²) in [4.78, 5) is 0. The number of rotatable bonds is 6. The first kappa shape index (κ1) is 15.5. The Bertz CT molecular complexity index is 496. The zero-order valence-corrected chi connectivity index (χ0v) is 12.8. The van der Waals surface area contributed by atoms with E-state index in [9.17, 15) is 8.42 Å². The van der Waals surface area contributed by atoms with Crippen molar-refractivity contribution in [2.24, 2.45) is 0 Å². The molecule has 1 aliphatic heterocycles. The second kappa shape index (κ2) is 7.20. The van der Waals surface area contributed by atoms with Crippen LogP contribution in [0.5, 0.6) is 0 Å². The molecule has 20 heavy (non-hydrogen) atoms. The first-order chi connectivity index (χ1) is 9.61. The molecule has 0 amide bonds. The standard InChI is InChI=1S/C15H24N2O2S/c1-2-15(13-8-4-3-5-9-13)17-20(18,19)12-14-10-6-7-11-16-14/h3-5,8-9,14-17H,2,6-7,10-12H2,1H3. The molecular weight excluding hydrogens is 272 g/mol. The van der Waals surface area contributed by atoms with Gasteiger partial charge in [0.2, 0.25) is 10.0 Å². The molecule has 2 unspecified atom stereocenters. The minimum absolute atomic E-state index is 0.0922. The summed E-state index contributed by atoms with van der Waals surface area (Å²) in [7, 11) is -3.25. The van der Waals surface area contributed by atoms with Crippen LogP contribution in [0.1, 0.15) is 44.2 Å². The van der Waals surface area contributed by atoms with E-state index in [2.05, 4.69) is 10.0 Å². The molecular formula is C15H24N2O2S. The Labute approximate surface area is 122 Å². The zero-order valence-electron chi connectivity index (χ0n) is 12.0. The van der Waals surface area contributed by atoms with Crippen molar-refractivity contribution in [1.82, 2.24) is 10.0 Å². The third kappa shape index (κ3) is 4.58. The molecule has 1 aromatic rings. The van der Waals surface area contributed by atoms with Crippen LogP contribution in [0.3, 0.4) is 0 Å². The van der Waals surface area contributed by atoms with Crippen molar-refractivity contribution in [1.29, 1.82) is 0 Å². The lowest BCUT2D eigenvalue weighted by Gasteiger charge is -2.25. The smallest absolute Gasteiger partial charge is 0.213 e. The molecule has 0 bridgehead atoms. The van der Waals surface area contributed by atoms with Gasteiger partial charge >= 0.3 is 0 Å². The van der Waals surface area contributed by atoms with E-state index in [4.69, 9.17) is 0 Å². The first-order valence-corrected chi connectivity index (χ1v) is 9.04. The summed E-state index contributed by atoms with van der Waals surface area (Å²) in [6.45, 7) is 2.93. The molecule has 2 rings (SSSR count). The lowest BCUT2D eigenvalue weighted by molar-refractivity contribution is 0.421. The number of hydrogen-bond acceptors (Lipinski definition) is 3. The van der Waals surface area contributed by atoms with Gasteiger partial charge in [0, 0.05) is 12.1 Å². The minimum atomic E-state index is -3.25. The normalized spacial score (nSPS) is 21.6. The summed E-state index contributed by atoms with van der Waals surface area (Å²) in [5, 5.41) is 3.29. The van der Waals surface area contributed by atoms with Crippen LogP contribution in [0.4, 0.5) is 0 Å². The van der Waals surface area contributed by atoms with Gasteiger partial charge in [0.1, 0.15) is 0 Å². The van der Waals surface area contributed by atoms with Gasteiger partial charge in [0.15, 0.2) is 0 Å². The highest BCUT2D eigenvalue weighted by Crippen LogP contribution is 2.18. The maximum absolute atomic E-state index is 12.3. The molecule has 2 N–H and O–H groups in total. The summed E-state index contributed by atoms with van der Waals surface area (Å²) in [6, 6.07) is 9.71. The fourth-order valence-electron chi connectivity index (χ4n) is 2.67. The molecule has 5 heteroatoms. The van der Waals surface area contributed by atoms with Crippen molar-refractivity contribution >= 4 is 10.0 Å². The average molecular weight is 296 g/mol. The molecule has 0 saturated carbocycles. The van der Waals surface area contributed by atoms with Gasteiger partial charge in [-0.1, -0.05) is 43.7 Å².